The largest absolute Gasteiger partial charge is 0.310 e. The van der Waals surface area contributed by atoms with Crippen molar-refractivity contribution in [3.8, 4) is 0 Å². The topological polar surface area (TPSA) is 12.0 Å². The van der Waals surface area contributed by atoms with E-state index in [9.17, 15) is 8.78 Å². The van der Waals surface area contributed by atoms with E-state index < -0.39 is 11.6 Å². The molecule has 0 radical (unpaired) electrons. The molecule has 1 atom stereocenters. The lowest BCUT2D eigenvalue weighted by Crippen LogP contribution is -2.24. The van der Waals surface area contributed by atoms with Gasteiger partial charge in [-0.25, -0.2) is 8.78 Å². The molecule has 0 aliphatic rings. The van der Waals surface area contributed by atoms with Crippen LogP contribution in [0.1, 0.15) is 35.2 Å². The first-order valence-corrected chi connectivity index (χ1v) is 7.25. The zero-order valence-electron chi connectivity index (χ0n) is 12.7. The van der Waals surface area contributed by atoms with E-state index in [4.69, 9.17) is 0 Å². The molecule has 0 fully saturated rings. The van der Waals surface area contributed by atoms with Crippen molar-refractivity contribution in [2.45, 2.75) is 33.2 Å². The summed E-state index contributed by atoms with van der Waals surface area (Å²) < 4.78 is 27.5. The molecule has 0 bridgehead atoms. The number of likely N-dealkylation sites (N-methyl/N-ethyl adjacent to an activating group) is 1. The maximum atomic E-state index is 14.0. The molecular formula is C18H21F2N. The van der Waals surface area contributed by atoms with E-state index in [0.717, 1.165) is 11.6 Å². The predicted octanol–water partition coefficient (Wildman–Crippen LogP) is 4.47. The highest BCUT2D eigenvalue weighted by Crippen LogP contribution is 2.24. The standard InChI is InChI=1S/C18H21F2N/c1-4-21-17(15-6-5-7-16(19)18(15)20)11-14-9-12(2)8-13(3)10-14/h5-10,17,21H,4,11H2,1-3H3. The number of halogens is 2. The Morgan fingerprint density at radius 1 is 1.05 bits per heavy atom. The summed E-state index contributed by atoms with van der Waals surface area (Å²) in [5.41, 5.74) is 3.87. The van der Waals surface area contributed by atoms with Gasteiger partial charge < -0.3 is 5.32 Å². The molecule has 3 heteroatoms. The fourth-order valence-electron chi connectivity index (χ4n) is 2.75. The Balaban J connectivity index is 2.32. The normalized spacial score (nSPS) is 12.4. The molecule has 0 spiro atoms. The second-order valence-electron chi connectivity index (χ2n) is 5.45. The molecule has 0 heterocycles. The summed E-state index contributed by atoms with van der Waals surface area (Å²) in [5, 5.41) is 3.25. The van der Waals surface area contributed by atoms with Crippen molar-refractivity contribution in [3.63, 3.8) is 0 Å². The number of hydrogen-bond donors (Lipinski definition) is 1. The molecule has 112 valence electrons. The van der Waals surface area contributed by atoms with Crippen LogP contribution in [-0.2, 0) is 6.42 Å². The van der Waals surface area contributed by atoms with Crippen molar-refractivity contribution in [3.05, 3.63) is 70.3 Å². The van der Waals surface area contributed by atoms with Gasteiger partial charge in [-0.1, -0.05) is 48.4 Å². The molecule has 0 amide bonds. The van der Waals surface area contributed by atoms with E-state index in [2.05, 4.69) is 23.5 Å². The molecule has 0 saturated carbocycles. The van der Waals surface area contributed by atoms with Crippen molar-refractivity contribution < 1.29 is 8.78 Å². The van der Waals surface area contributed by atoms with Crippen LogP contribution in [0.5, 0.6) is 0 Å². The Labute approximate surface area is 125 Å². The van der Waals surface area contributed by atoms with Crippen LogP contribution in [0.2, 0.25) is 0 Å². The maximum absolute atomic E-state index is 14.0. The van der Waals surface area contributed by atoms with Gasteiger partial charge in [-0.05, 0) is 38.4 Å². The minimum Gasteiger partial charge on any atom is -0.310 e. The van der Waals surface area contributed by atoms with Crippen LogP contribution in [0.15, 0.2) is 36.4 Å². The third kappa shape index (κ3) is 3.88. The number of aryl methyl sites for hydroxylation is 2. The molecular weight excluding hydrogens is 268 g/mol. The van der Waals surface area contributed by atoms with Gasteiger partial charge in [-0.15, -0.1) is 0 Å². The zero-order chi connectivity index (χ0) is 15.4. The van der Waals surface area contributed by atoms with Crippen LogP contribution in [0, 0.1) is 25.5 Å². The highest BCUT2D eigenvalue weighted by atomic mass is 19.2. The van der Waals surface area contributed by atoms with Crippen LogP contribution >= 0.6 is 0 Å². The summed E-state index contributed by atoms with van der Waals surface area (Å²) in [7, 11) is 0. The Kier molecular flexibility index (Phi) is 5.07. The molecule has 1 unspecified atom stereocenters. The molecule has 0 aliphatic carbocycles. The van der Waals surface area contributed by atoms with E-state index in [1.165, 1.54) is 11.1 Å². The van der Waals surface area contributed by atoms with E-state index in [0.29, 0.717) is 18.5 Å². The first kappa shape index (κ1) is 15.6. The zero-order valence-corrected chi connectivity index (χ0v) is 12.7. The van der Waals surface area contributed by atoms with Gasteiger partial charge in [0.1, 0.15) is 0 Å². The van der Waals surface area contributed by atoms with Crippen LogP contribution in [0.3, 0.4) is 0 Å². The number of rotatable bonds is 5. The van der Waals surface area contributed by atoms with Crippen LogP contribution in [0.25, 0.3) is 0 Å². The number of nitrogens with one attached hydrogen (secondary N) is 1. The summed E-state index contributed by atoms with van der Waals surface area (Å²) in [6.45, 7) is 6.75. The summed E-state index contributed by atoms with van der Waals surface area (Å²) in [6.07, 6.45) is 0.636. The summed E-state index contributed by atoms with van der Waals surface area (Å²) in [5.74, 6) is -1.55. The minimum absolute atomic E-state index is 0.230. The lowest BCUT2D eigenvalue weighted by atomic mass is 9.96. The van der Waals surface area contributed by atoms with Gasteiger partial charge in [0.15, 0.2) is 11.6 Å². The fourth-order valence-corrected chi connectivity index (χ4v) is 2.75. The Morgan fingerprint density at radius 2 is 1.71 bits per heavy atom. The van der Waals surface area contributed by atoms with E-state index in [1.54, 1.807) is 12.1 Å². The summed E-state index contributed by atoms with van der Waals surface area (Å²) in [4.78, 5) is 0. The Bertz CT molecular complexity index is 602. The van der Waals surface area contributed by atoms with Crippen LogP contribution < -0.4 is 5.32 Å². The lowest BCUT2D eigenvalue weighted by molar-refractivity contribution is 0.464. The molecule has 1 N–H and O–H groups in total. The molecule has 0 aliphatic heterocycles. The Morgan fingerprint density at radius 3 is 2.33 bits per heavy atom. The third-order valence-corrected chi connectivity index (χ3v) is 3.53. The van der Waals surface area contributed by atoms with Crippen LogP contribution in [0.4, 0.5) is 8.78 Å². The van der Waals surface area contributed by atoms with Gasteiger partial charge in [-0.3, -0.25) is 0 Å². The molecule has 0 aromatic heterocycles. The van der Waals surface area contributed by atoms with Gasteiger partial charge in [0, 0.05) is 11.6 Å². The van der Waals surface area contributed by atoms with Crippen molar-refractivity contribution in [1.82, 2.24) is 5.32 Å². The number of benzene rings is 2. The highest BCUT2D eigenvalue weighted by Gasteiger charge is 2.18. The van der Waals surface area contributed by atoms with Gasteiger partial charge >= 0.3 is 0 Å². The maximum Gasteiger partial charge on any atom is 0.163 e. The Hall–Kier alpha value is -1.74. The van der Waals surface area contributed by atoms with Gasteiger partial charge in [0.25, 0.3) is 0 Å². The predicted molar refractivity (Wildman–Crippen MR) is 82.4 cm³/mol. The van der Waals surface area contributed by atoms with Gasteiger partial charge in [0.2, 0.25) is 0 Å². The second kappa shape index (κ2) is 6.81. The third-order valence-electron chi connectivity index (χ3n) is 3.53. The smallest absolute Gasteiger partial charge is 0.163 e. The average Bonchev–Trinajstić information content (AvgIpc) is 2.40. The second-order valence-corrected chi connectivity index (χ2v) is 5.45. The lowest BCUT2D eigenvalue weighted by Gasteiger charge is -2.20. The first-order valence-electron chi connectivity index (χ1n) is 7.25. The fraction of sp³-hybridized carbons (Fsp3) is 0.333. The van der Waals surface area contributed by atoms with E-state index in [-0.39, 0.29) is 6.04 Å². The molecule has 0 saturated heterocycles. The first-order chi connectivity index (χ1) is 10.0. The van der Waals surface area contributed by atoms with Crippen molar-refractivity contribution >= 4 is 0 Å². The number of hydrogen-bond acceptors (Lipinski definition) is 1. The molecule has 1 nitrogen and oxygen atoms in total. The molecule has 21 heavy (non-hydrogen) atoms. The van der Waals surface area contributed by atoms with Crippen molar-refractivity contribution in [1.29, 1.82) is 0 Å². The molecule has 2 rings (SSSR count). The molecule has 2 aromatic rings. The minimum atomic E-state index is -0.796. The summed E-state index contributed by atoms with van der Waals surface area (Å²) in [6, 6.07) is 10.4. The SMILES string of the molecule is CCNC(Cc1cc(C)cc(C)c1)c1cccc(F)c1F. The van der Waals surface area contributed by atoms with Crippen molar-refractivity contribution in [2.75, 3.05) is 6.54 Å². The van der Waals surface area contributed by atoms with E-state index in [1.807, 2.05) is 20.8 Å². The average molecular weight is 289 g/mol. The molecule has 2 aromatic carbocycles. The monoisotopic (exact) mass is 289 g/mol. The van der Waals surface area contributed by atoms with E-state index >= 15 is 0 Å². The summed E-state index contributed by atoms with van der Waals surface area (Å²) >= 11 is 0. The quantitative estimate of drug-likeness (QED) is 0.856. The van der Waals surface area contributed by atoms with Gasteiger partial charge in [0.05, 0.1) is 0 Å². The highest BCUT2D eigenvalue weighted by molar-refractivity contribution is 5.31. The van der Waals surface area contributed by atoms with Crippen LogP contribution in [-0.4, -0.2) is 6.54 Å². The van der Waals surface area contributed by atoms with Crippen molar-refractivity contribution in [2.24, 2.45) is 0 Å². The van der Waals surface area contributed by atoms with Gasteiger partial charge in [-0.2, -0.15) is 0 Å².